The van der Waals surface area contributed by atoms with E-state index in [1.165, 1.54) is 21.5 Å². The third-order valence-corrected chi connectivity index (χ3v) is 4.07. The van der Waals surface area contributed by atoms with Crippen molar-refractivity contribution < 1.29 is 51.0 Å². The smallest absolute Gasteiger partial charge is 1.00 e. The fourth-order valence-corrected chi connectivity index (χ4v) is 2.70. The maximum absolute atomic E-state index is 3.51. The van der Waals surface area contributed by atoms with Gasteiger partial charge in [0.25, 0.3) is 0 Å². The van der Waals surface area contributed by atoms with Crippen LogP contribution in [0.4, 0.5) is 0 Å². The van der Waals surface area contributed by atoms with Crippen molar-refractivity contribution in [2.45, 2.75) is 0 Å². The SMILES string of the molecule is C=[C-]c1ccccc1.[Cl-].[Cl-].[Si].[Zr+2].c1ccc2[cH-]ccc2c1.c1ccc2[cH-]ccc2c1. The molecule has 4 heteroatoms. The molecule has 5 rings (SSSR count). The van der Waals surface area contributed by atoms with Crippen LogP contribution in [-0.2, 0) is 26.2 Å². The predicted molar refractivity (Wildman–Crippen MR) is 119 cm³/mol. The fraction of sp³-hybridized carbons (Fsp3) is 0. The fourth-order valence-electron chi connectivity index (χ4n) is 2.70. The normalized spacial score (nSPS) is 8.40. The second kappa shape index (κ2) is 17.0. The molecule has 150 valence electrons. The molecule has 4 radical (unpaired) electrons. The van der Waals surface area contributed by atoms with E-state index < -0.39 is 0 Å². The maximum Gasteiger partial charge on any atom is 2.00 e. The summed E-state index contributed by atoms with van der Waals surface area (Å²) < 4.78 is 0. The number of halogens is 2. The molecule has 30 heavy (non-hydrogen) atoms. The molecule has 0 amide bonds. The Morgan fingerprint density at radius 3 is 1.33 bits per heavy atom. The first-order valence-corrected chi connectivity index (χ1v) is 8.66. The molecule has 0 atom stereocenters. The average molecular weight is 524 g/mol. The summed E-state index contributed by atoms with van der Waals surface area (Å²) in [6, 6.07) is 39.2. The zero-order valence-corrected chi connectivity index (χ0v) is 21.4. The third kappa shape index (κ3) is 9.41. The van der Waals surface area contributed by atoms with Crippen LogP contribution >= 0.6 is 0 Å². The van der Waals surface area contributed by atoms with Crippen molar-refractivity contribution in [3.8, 4) is 0 Å². The summed E-state index contributed by atoms with van der Waals surface area (Å²) in [5, 5.41) is 5.32. The van der Waals surface area contributed by atoms with Crippen molar-refractivity contribution in [2.75, 3.05) is 0 Å². The van der Waals surface area contributed by atoms with Crippen molar-refractivity contribution >= 4 is 32.5 Å². The molecule has 0 aromatic heterocycles. The molecule has 5 aromatic carbocycles. The Morgan fingerprint density at radius 2 is 0.967 bits per heavy atom. The van der Waals surface area contributed by atoms with Crippen molar-refractivity contribution in [1.82, 2.24) is 0 Å². The van der Waals surface area contributed by atoms with Crippen molar-refractivity contribution in [3.05, 3.63) is 133 Å². The van der Waals surface area contributed by atoms with Gasteiger partial charge in [-0.1, -0.05) is 18.2 Å². The number of benzene rings is 3. The Bertz CT molecular complexity index is 941. The van der Waals surface area contributed by atoms with Crippen LogP contribution in [0.25, 0.3) is 21.5 Å². The van der Waals surface area contributed by atoms with Gasteiger partial charge < -0.3 is 24.8 Å². The molecule has 0 saturated carbocycles. The molecule has 0 unspecified atom stereocenters. The van der Waals surface area contributed by atoms with E-state index in [0.29, 0.717) is 0 Å². The van der Waals surface area contributed by atoms with Gasteiger partial charge in [0.2, 0.25) is 0 Å². The van der Waals surface area contributed by atoms with Gasteiger partial charge in [-0.2, -0.15) is 65.4 Å². The molecule has 5 aromatic rings. The molecule has 0 fully saturated rings. The molecular weight excluding hydrogens is 503 g/mol. The van der Waals surface area contributed by atoms with E-state index in [0.717, 1.165) is 5.56 Å². The standard InChI is InChI=1S/2C9H7.C8H7.2ClH.Si.Zr/c2*1-2-5-9-7-3-6-8(9)4-1;1-2-8-6-4-3-5-7-8;;;;/h2*1-7H;3-7H,1H2;2*1H;;/q3*-1;;;;+2/p-2. The molecule has 0 aliphatic rings. The van der Waals surface area contributed by atoms with Gasteiger partial charge in [-0.25, -0.2) is 0 Å². The Kier molecular flexibility index (Phi) is 17.3. The third-order valence-electron chi connectivity index (χ3n) is 4.07. The van der Waals surface area contributed by atoms with Crippen molar-refractivity contribution in [3.63, 3.8) is 0 Å². The minimum Gasteiger partial charge on any atom is -1.00 e. The van der Waals surface area contributed by atoms with Crippen molar-refractivity contribution in [2.24, 2.45) is 0 Å². The van der Waals surface area contributed by atoms with Crippen molar-refractivity contribution in [1.29, 1.82) is 0 Å². The van der Waals surface area contributed by atoms with Gasteiger partial charge in [0.15, 0.2) is 0 Å². The summed E-state index contributed by atoms with van der Waals surface area (Å²) in [6.07, 6.45) is 2.78. The zero-order chi connectivity index (χ0) is 18.0. The van der Waals surface area contributed by atoms with E-state index in [4.69, 9.17) is 0 Å². The molecule has 0 nitrogen and oxygen atoms in total. The summed E-state index contributed by atoms with van der Waals surface area (Å²) >= 11 is 0. The Hall–Kier alpha value is -1.70. The first-order chi connectivity index (χ1) is 12.9. The van der Waals surface area contributed by atoms with Gasteiger partial charge in [0, 0.05) is 11.0 Å². The molecule has 0 bridgehead atoms. The van der Waals surface area contributed by atoms with E-state index in [2.05, 4.69) is 97.6 Å². The van der Waals surface area contributed by atoms with E-state index in [1.54, 1.807) is 0 Å². The van der Waals surface area contributed by atoms with E-state index in [-0.39, 0.29) is 62.0 Å². The summed E-state index contributed by atoms with van der Waals surface area (Å²) in [5.41, 5.74) is 1.05. The van der Waals surface area contributed by atoms with Crippen LogP contribution in [0.5, 0.6) is 0 Å². The minimum atomic E-state index is 0. The Balaban J connectivity index is 0. The molecule has 0 aliphatic heterocycles. The monoisotopic (exact) mass is 521 g/mol. The molecule has 0 aliphatic carbocycles. The maximum atomic E-state index is 3.51. The molecule has 0 heterocycles. The van der Waals surface area contributed by atoms with Crippen LogP contribution in [-0.4, -0.2) is 11.0 Å². The first-order valence-electron chi connectivity index (χ1n) is 8.66. The minimum absolute atomic E-state index is 0. The number of fused-ring (bicyclic) bond motifs is 2. The molecular formula is C26H21Cl2SiZr-3. The van der Waals surface area contributed by atoms with Gasteiger partial charge in [0.1, 0.15) is 0 Å². The summed E-state index contributed by atoms with van der Waals surface area (Å²) in [5.74, 6) is 0. The van der Waals surface area contributed by atoms with Gasteiger partial charge >= 0.3 is 26.2 Å². The number of hydrogen-bond acceptors (Lipinski definition) is 0. The predicted octanol–water partition coefficient (Wildman–Crippen LogP) is 0.766. The first kappa shape index (κ1) is 30.5. The average Bonchev–Trinajstić information content (AvgIpc) is 3.38. The van der Waals surface area contributed by atoms with Gasteiger partial charge in [-0.15, -0.1) is 71.4 Å². The van der Waals surface area contributed by atoms with Crippen LogP contribution in [0.3, 0.4) is 0 Å². The second-order valence-corrected chi connectivity index (χ2v) is 5.85. The summed E-state index contributed by atoms with van der Waals surface area (Å²) in [7, 11) is 0. The van der Waals surface area contributed by atoms with E-state index in [1.807, 2.05) is 30.3 Å². The molecule has 0 saturated heterocycles. The quantitative estimate of drug-likeness (QED) is 0.225. The Morgan fingerprint density at radius 1 is 0.567 bits per heavy atom. The van der Waals surface area contributed by atoms with Crippen LogP contribution < -0.4 is 24.8 Å². The summed E-state index contributed by atoms with van der Waals surface area (Å²) in [4.78, 5) is 0. The second-order valence-electron chi connectivity index (χ2n) is 5.85. The van der Waals surface area contributed by atoms with Crippen LogP contribution in [0.15, 0.2) is 122 Å². The van der Waals surface area contributed by atoms with E-state index >= 15 is 0 Å². The van der Waals surface area contributed by atoms with Gasteiger partial charge in [0.05, 0.1) is 0 Å². The topological polar surface area (TPSA) is 0 Å². The number of hydrogen-bond donors (Lipinski definition) is 0. The van der Waals surface area contributed by atoms with Crippen LogP contribution in [0, 0.1) is 6.08 Å². The molecule has 0 N–H and O–H groups in total. The largest absolute Gasteiger partial charge is 2.00 e. The van der Waals surface area contributed by atoms with Crippen LogP contribution in [0.1, 0.15) is 5.56 Å². The van der Waals surface area contributed by atoms with Gasteiger partial charge in [-0.3, -0.25) is 0 Å². The Labute approximate surface area is 215 Å². The molecule has 0 spiro atoms. The zero-order valence-electron chi connectivity index (χ0n) is 16.4. The number of rotatable bonds is 1. The van der Waals surface area contributed by atoms with Gasteiger partial charge in [-0.05, 0) is 0 Å². The summed E-state index contributed by atoms with van der Waals surface area (Å²) in [6.45, 7) is 3.51. The van der Waals surface area contributed by atoms with E-state index in [9.17, 15) is 0 Å². The van der Waals surface area contributed by atoms with Crippen LogP contribution in [0.2, 0.25) is 0 Å².